The summed E-state index contributed by atoms with van der Waals surface area (Å²) in [7, 11) is 1.57. The van der Waals surface area contributed by atoms with Crippen molar-refractivity contribution in [1.82, 2.24) is 15.3 Å². The van der Waals surface area contributed by atoms with E-state index in [1.165, 1.54) is 0 Å². The van der Waals surface area contributed by atoms with Crippen LogP contribution in [-0.2, 0) is 6.54 Å². The smallest absolute Gasteiger partial charge is 0.231 e. The fourth-order valence-corrected chi connectivity index (χ4v) is 1.12. The summed E-state index contributed by atoms with van der Waals surface area (Å²) in [5.41, 5.74) is 0.889. The number of rotatable bonds is 7. The van der Waals surface area contributed by atoms with Crippen LogP contribution >= 0.6 is 0 Å². The summed E-state index contributed by atoms with van der Waals surface area (Å²) in [5, 5.41) is 11.8. The highest BCUT2D eigenvalue weighted by molar-refractivity contribution is 5.06. The molecule has 0 aliphatic carbocycles. The van der Waals surface area contributed by atoms with Crippen LogP contribution in [0.1, 0.15) is 18.5 Å². The van der Waals surface area contributed by atoms with E-state index in [1.807, 2.05) is 0 Å². The van der Waals surface area contributed by atoms with E-state index in [0.29, 0.717) is 12.4 Å². The zero-order valence-corrected chi connectivity index (χ0v) is 8.94. The number of aromatic nitrogens is 2. The molecule has 0 spiro atoms. The van der Waals surface area contributed by atoms with Gasteiger partial charge < -0.3 is 15.2 Å². The molecule has 0 aromatic carbocycles. The van der Waals surface area contributed by atoms with Crippen LogP contribution in [-0.4, -0.2) is 35.3 Å². The lowest BCUT2D eigenvalue weighted by Gasteiger charge is -2.03. The molecule has 0 bridgehead atoms. The van der Waals surface area contributed by atoms with Gasteiger partial charge in [0.15, 0.2) is 0 Å². The van der Waals surface area contributed by atoms with Gasteiger partial charge in [-0.1, -0.05) is 0 Å². The molecule has 5 heteroatoms. The van der Waals surface area contributed by atoms with Crippen LogP contribution in [0.25, 0.3) is 0 Å². The van der Waals surface area contributed by atoms with Gasteiger partial charge in [0, 0.05) is 13.2 Å². The lowest BCUT2D eigenvalue weighted by molar-refractivity contribution is 0.283. The molecule has 0 aliphatic rings. The number of methoxy groups -OCH3 is 1. The maximum atomic E-state index is 8.58. The first-order valence-electron chi connectivity index (χ1n) is 5.03. The minimum absolute atomic E-state index is 0.254. The highest BCUT2D eigenvalue weighted by Crippen LogP contribution is 2.02. The molecule has 0 radical (unpaired) electrons. The highest BCUT2D eigenvalue weighted by Gasteiger charge is 1.96. The van der Waals surface area contributed by atoms with Gasteiger partial charge in [0.1, 0.15) is 0 Å². The van der Waals surface area contributed by atoms with E-state index >= 15 is 0 Å². The van der Waals surface area contributed by atoms with Crippen molar-refractivity contribution in [1.29, 1.82) is 0 Å². The second kappa shape index (κ2) is 7.14. The Morgan fingerprint density at radius 3 is 2.80 bits per heavy atom. The standard InChI is InChI=1S/C10H17N3O2/c1-15-10-8-12-9(7-13-10)6-11-4-2-3-5-14/h7-8,11,14H,2-6H2,1H3. The first-order chi connectivity index (χ1) is 7.36. The van der Waals surface area contributed by atoms with Crippen molar-refractivity contribution in [3.05, 3.63) is 18.1 Å². The molecular formula is C10H17N3O2. The predicted octanol–water partition coefficient (Wildman–Crippen LogP) is 0.347. The quantitative estimate of drug-likeness (QED) is 0.637. The summed E-state index contributed by atoms with van der Waals surface area (Å²) < 4.78 is 4.90. The number of aliphatic hydroxyl groups excluding tert-OH is 1. The fraction of sp³-hybridized carbons (Fsp3) is 0.600. The lowest BCUT2D eigenvalue weighted by atomic mass is 10.3. The van der Waals surface area contributed by atoms with Crippen molar-refractivity contribution in [2.75, 3.05) is 20.3 Å². The van der Waals surface area contributed by atoms with Gasteiger partial charge in [-0.3, -0.25) is 4.98 Å². The van der Waals surface area contributed by atoms with Gasteiger partial charge in [0.05, 0.1) is 25.2 Å². The predicted molar refractivity (Wildman–Crippen MR) is 56.6 cm³/mol. The van der Waals surface area contributed by atoms with E-state index < -0.39 is 0 Å². The minimum atomic E-state index is 0.254. The maximum Gasteiger partial charge on any atom is 0.231 e. The van der Waals surface area contributed by atoms with Crippen LogP contribution < -0.4 is 10.1 Å². The second-order valence-corrected chi connectivity index (χ2v) is 3.16. The molecule has 0 amide bonds. The monoisotopic (exact) mass is 211 g/mol. The zero-order valence-electron chi connectivity index (χ0n) is 8.94. The molecular weight excluding hydrogens is 194 g/mol. The molecule has 1 aromatic heterocycles. The SMILES string of the molecule is COc1cnc(CNCCCCO)cn1. The Kier molecular flexibility index (Phi) is 5.65. The van der Waals surface area contributed by atoms with Crippen molar-refractivity contribution in [3.63, 3.8) is 0 Å². The summed E-state index contributed by atoms with van der Waals surface area (Å²) in [6.07, 6.45) is 5.10. The molecule has 2 N–H and O–H groups in total. The first-order valence-corrected chi connectivity index (χ1v) is 5.03. The third-order valence-corrected chi connectivity index (χ3v) is 1.96. The van der Waals surface area contributed by atoms with E-state index in [0.717, 1.165) is 25.1 Å². The third kappa shape index (κ3) is 4.71. The number of hydrogen-bond acceptors (Lipinski definition) is 5. The Morgan fingerprint density at radius 2 is 2.20 bits per heavy atom. The highest BCUT2D eigenvalue weighted by atomic mass is 16.5. The average molecular weight is 211 g/mol. The molecule has 0 saturated heterocycles. The van der Waals surface area contributed by atoms with E-state index in [4.69, 9.17) is 9.84 Å². The molecule has 0 aliphatic heterocycles. The topological polar surface area (TPSA) is 67.3 Å². The van der Waals surface area contributed by atoms with Crippen molar-refractivity contribution in [3.8, 4) is 5.88 Å². The third-order valence-electron chi connectivity index (χ3n) is 1.96. The van der Waals surface area contributed by atoms with Gasteiger partial charge in [-0.15, -0.1) is 0 Å². The molecule has 0 unspecified atom stereocenters. The Labute approximate surface area is 89.5 Å². The molecule has 1 rings (SSSR count). The number of unbranched alkanes of at least 4 members (excludes halogenated alkanes) is 1. The summed E-state index contributed by atoms with van der Waals surface area (Å²) in [6.45, 7) is 1.83. The largest absolute Gasteiger partial charge is 0.480 e. The number of nitrogens with zero attached hydrogens (tertiary/aromatic N) is 2. The average Bonchev–Trinajstić information content (AvgIpc) is 2.30. The Balaban J connectivity index is 2.20. The molecule has 1 heterocycles. The number of hydrogen-bond donors (Lipinski definition) is 2. The second-order valence-electron chi connectivity index (χ2n) is 3.16. The number of ether oxygens (including phenoxy) is 1. The normalized spacial score (nSPS) is 10.3. The summed E-state index contributed by atoms with van der Waals surface area (Å²) in [6, 6.07) is 0. The van der Waals surface area contributed by atoms with Crippen LogP contribution in [0.4, 0.5) is 0 Å². The summed E-state index contributed by atoms with van der Waals surface area (Å²) in [5.74, 6) is 0.527. The van der Waals surface area contributed by atoms with Crippen LogP contribution in [0.2, 0.25) is 0 Å². The van der Waals surface area contributed by atoms with Crippen LogP contribution in [0.5, 0.6) is 5.88 Å². The lowest BCUT2D eigenvalue weighted by Crippen LogP contribution is -2.16. The number of aliphatic hydroxyl groups is 1. The van der Waals surface area contributed by atoms with Crippen LogP contribution in [0.3, 0.4) is 0 Å². The van der Waals surface area contributed by atoms with Gasteiger partial charge >= 0.3 is 0 Å². The van der Waals surface area contributed by atoms with Gasteiger partial charge in [0.25, 0.3) is 0 Å². The Bertz CT molecular complexity index is 264. The van der Waals surface area contributed by atoms with E-state index in [9.17, 15) is 0 Å². The molecule has 15 heavy (non-hydrogen) atoms. The number of nitrogens with one attached hydrogen (secondary N) is 1. The minimum Gasteiger partial charge on any atom is -0.480 e. The molecule has 1 aromatic rings. The van der Waals surface area contributed by atoms with Crippen molar-refractivity contribution < 1.29 is 9.84 Å². The summed E-state index contributed by atoms with van der Waals surface area (Å²) >= 11 is 0. The fourth-order valence-electron chi connectivity index (χ4n) is 1.12. The molecule has 0 saturated carbocycles. The van der Waals surface area contributed by atoms with E-state index in [1.54, 1.807) is 19.5 Å². The van der Waals surface area contributed by atoms with Crippen molar-refractivity contribution in [2.24, 2.45) is 0 Å². The maximum absolute atomic E-state index is 8.58. The van der Waals surface area contributed by atoms with E-state index in [2.05, 4.69) is 15.3 Å². The van der Waals surface area contributed by atoms with Gasteiger partial charge in [-0.2, -0.15) is 0 Å². The van der Waals surface area contributed by atoms with Crippen LogP contribution in [0, 0.1) is 0 Å². The Morgan fingerprint density at radius 1 is 1.33 bits per heavy atom. The van der Waals surface area contributed by atoms with Gasteiger partial charge in [0.2, 0.25) is 5.88 Å². The van der Waals surface area contributed by atoms with Gasteiger partial charge in [-0.05, 0) is 19.4 Å². The molecule has 84 valence electrons. The molecule has 5 nitrogen and oxygen atoms in total. The van der Waals surface area contributed by atoms with Crippen molar-refractivity contribution >= 4 is 0 Å². The Hall–Kier alpha value is -1.20. The zero-order chi connectivity index (χ0) is 10.9. The molecule has 0 atom stereocenters. The summed E-state index contributed by atoms with van der Waals surface area (Å²) in [4.78, 5) is 8.22. The first kappa shape index (κ1) is 11.9. The molecule has 0 fully saturated rings. The van der Waals surface area contributed by atoms with Crippen molar-refractivity contribution in [2.45, 2.75) is 19.4 Å². The van der Waals surface area contributed by atoms with Crippen LogP contribution in [0.15, 0.2) is 12.4 Å². The van der Waals surface area contributed by atoms with E-state index in [-0.39, 0.29) is 6.61 Å². The van der Waals surface area contributed by atoms with Gasteiger partial charge in [-0.25, -0.2) is 4.98 Å².